The van der Waals surface area contributed by atoms with Crippen LogP contribution in [0.15, 0.2) is 146 Å². The second-order valence-electron chi connectivity index (χ2n) is 21.0. The highest BCUT2D eigenvalue weighted by Crippen LogP contribution is 2.61. The second-order valence-corrected chi connectivity index (χ2v) is 22.3. The predicted molar refractivity (Wildman–Crippen MR) is 261 cm³/mol. The third kappa shape index (κ3) is 6.44. The zero-order valence-electron chi connectivity index (χ0n) is 37.0. The quantitative estimate of drug-likeness (QED) is 0.251. The number of thioether (sulfide) groups is 1. The van der Waals surface area contributed by atoms with Crippen molar-refractivity contribution in [3.8, 4) is 0 Å². The SMILES string of the molecule is C1=CC2C(CC1)OC1C(C3=CC(C4N=C(c5ccccc5)C=C(c5ccc(C6CC=CC7=C6SC6CCC=CC76)cc5)N4)CC(C4=CCCc5c4oc4c5CCCC4)C3)=CC3CC3C12. The highest BCUT2D eigenvalue weighted by atomic mass is 32.2. The van der Waals surface area contributed by atoms with Gasteiger partial charge in [0, 0.05) is 52.5 Å². The zero-order valence-corrected chi connectivity index (χ0v) is 37.8. The lowest BCUT2D eigenvalue weighted by atomic mass is 9.69. The molecule has 0 amide bonds. The third-order valence-electron chi connectivity index (χ3n) is 17.4. The van der Waals surface area contributed by atoms with E-state index in [0.717, 1.165) is 63.0 Å². The van der Waals surface area contributed by atoms with E-state index in [0.29, 0.717) is 46.9 Å². The summed E-state index contributed by atoms with van der Waals surface area (Å²) in [6, 6.07) is 20.5. The van der Waals surface area contributed by atoms with E-state index in [2.05, 4.69) is 132 Å². The van der Waals surface area contributed by atoms with Crippen LogP contribution in [-0.2, 0) is 24.0 Å². The molecule has 1 aromatic heterocycles. The van der Waals surface area contributed by atoms with Gasteiger partial charge >= 0.3 is 0 Å². The van der Waals surface area contributed by atoms with Crippen LogP contribution in [0.25, 0.3) is 11.3 Å². The first kappa shape index (κ1) is 38.7. The molecule has 1 saturated heterocycles. The summed E-state index contributed by atoms with van der Waals surface area (Å²) in [5.41, 5.74) is 15.2. The lowest BCUT2D eigenvalue weighted by Crippen LogP contribution is -2.39. The normalized spacial score (nSPS) is 36.4. The maximum atomic E-state index is 7.20. The van der Waals surface area contributed by atoms with Crippen LogP contribution < -0.4 is 5.32 Å². The van der Waals surface area contributed by atoms with Crippen LogP contribution in [-0.4, -0.2) is 29.3 Å². The van der Waals surface area contributed by atoms with E-state index >= 15 is 0 Å². The van der Waals surface area contributed by atoms with E-state index < -0.39 is 0 Å². The van der Waals surface area contributed by atoms with E-state index in [9.17, 15) is 0 Å². The largest absolute Gasteiger partial charge is 0.461 e. The van der Waals surface area contributed by atoms with Gasteiger partial charge in [0.15, 0.2) is 0 Å². The highest BCUT2D eigenvalue weighted by molar-refractivity contribution is 8.04. The van der Waals surface area contributed by atoms with Gasteiger partial charge in [-0.2, -0.15) is 0 Å². The van der Waals surface area contributed by atoms with Gasteiger partial charge in [-0.1, -0.05) is 109 Å². The smallest absolute Gasteiger partial charge is 0.133 e. The van der Waals surface area contributed by atoms with Crippen molar-refractivity contribution in [3.63, 3.8) is 0 Å². The van der Waals surface area contributed by atoms with Crippen LogP contribution in [0, 0.1) is 41.4 Å². The summed E-state index contributed by atoms with van der Waals surface area (Å²) >= 11 is 2.17. The number of hydrogen-bond acceptors (Lipinski definition) is 5. The van der Waals surface area contributed by atoms with E-state index in [1.54, 1.807) is 16.0 Å². The predicted octanol–water partition coefficient (Wildman–Crippen LogP) is 13.2. The number of rotatable bonds is 6. The number of fused-ring (bicyclic) bond motifs is 10. The van der Waals surface area contributed by atoms with Gasteiger partial charge in [0.25, 0.3) is 0 Å². The first-order valence-corrected chi connectivity index (χ1v) is 26.1. The number of allylic oxidation sites excluding steroid dienone is 11. The van der Waals surface area contributed by atoms with Gasteiger partial charge in [0.2, 0.25) is 0 Å². The number of aliphatic imine (C=N–C) groups is 1. The standard InChI is InChI=1S/C59H60N2O2S/c1-2-12-35(13-3-1)50-33-51(36-26-24-34(25-27-36)42-18-11-20-46-44-15-6-9-23-54(44)64-58(42)46)61-59(60-50)40-29-37(41-17-10-19-45-43-14-4-7-21-52(43)62-56(41)45)28-38(30-40)49-32-39-31-48(39)55-47-16-5-8-22-53(47)63-57(49)55/h1-3,5-6,11-13,15-17,20,24-27,30,32-33,37,39-40,42,44,47-48,53-55,57,59,61H,4,7-10,14,18-19,21-23,28-29,31H2. The van der Waals surface area contributed by atoms with Crippen LogP contribution in [0.4, 0.5) is 0 Å². The van der Waals surface area contributed by atoms with E-state index in [1.165, 1.54) is 94.7 Å². The molecule has 14 rings (SSSR count). The minimum atomic E-state index is -0.104. The first-order valence-electron chi connectivity index (χ1n) is 25.2. The van der Waals surface area contributed by atoms with Crippen molar-refractivity contribution < 1.29 is 9.15 Å². The molecule has 0 bridgehead atoms. The maximum Gasteiger partial charge on any atom is 0.133 e. The molecule has 3 aromatic rings. The Morgan fingerprint density at radius 1 is 0.781 bits per heavy atom. The Morgan fingerprint density at radius 3 is 2.61 bits per heavy atom. The molecule has 1 saturated carbocycles. The number of nitrogens with one attached hydrogen (secondary N) is 1. The first-order chi connectivity index (χ1) is 31.7. The van der Waals surface area contributed by atoms with Crippen molar-refractivity contribution in [1.29, 1.82) is 0 Å². The molecule has 2 fully saturated rings. The van der Waals surface area contributed by atoms with Gasteiger partial charge in [0.1, 0.15) is 17.7 Å². The monoisotopic (exact) mass is 860 g/mol. The number of benzene rings is 2. The summed E-state index contributed by atoms with van der Waals surface area (Å²) < 4.78 is 14.2. The van der Waals surface area contributed by atoms with E-state index in [1.807, 2.05) is 0 Å². The van der Waals surface area contributed by atoms with Crippen LogP contribution in [0.5, 0.6) is 0 Å². The molecule has 0 radical (unpaired) electrons. The molecule has 0 spiro atoms. The summed E-state index contributed by atoms with van der Waals surface area (Å²) in [4.78, 5) is 7.29. The van der Waals surface area contributed by atoms with Gasteiger partial charge in [-0.3, -0.25) is 4.99 Å². The molecular weight excluding hydrogens is 801 g/mol. The molecule has 64 heavy (non-hydrogen) atoms. The minimum Gasteiger partial charge on any atom is -0.461 e. The number of hydrogen-bond donors (Lipinski definition) is 1. The Bertz CT molecular complexity index is 2680. The molecule has 2 aromatic carbocycles. The lowest BCUT2D eigenvalue weighted by molar-refractivity contribution is 0.0429. The van der Waals surface area contributed by atoms with Crippen molar-refractivity contribution in [2.45, 2.75) is 119 Å². The number of aryl methyl sites for hydroxylation is 1. The summed E-state index contributed by atoms with van der Waals surface area (Å²) in [5, 5.41) is 4.81. The Kier molecular flexibility index (Phi) is 9.37. The average molecular weight is 861 g/mol. The molecule has 11 aliphatic rings. The van der Waals surface area contributed by atoms with Gasteiger partial charge in [-0.15, -0.1) is 11.8 Å². The van der Waals surface area contributed by atoms with Gasteiger partial charge in [-0.05, 0) is 157 Å². The molecular formula is C59H60N2O2S. The van der Waals surface area contributed by atoms with E-state index in [4.69, 9.17) is 14.1 Å². The summed E-state index contributed by atoms with van der Waals surface area (Å²) in [6.45, 7) is 0. The number of nitrogens with zero attached hydrogens (tertiary/aromatic N) is 1. The number of furan rings is 1. The fourth-order valence-electron chi connectivity index (χ4n) is 14.2. The van der Waals surface area contributed by atoms with E-state index in [-0.39, 0.29) is 18.2 Å². The molecule has 8 aliphatic carbocycles. The Hall–Kier alpha value is -4.58. The van der Waals surface area contributed by atoms with Crippen LogP contribution in [0.3, 0.4) is 0 Å². The van der Waals surface area contributed by atoms with Gasteiger partial charge in [0.05, 0.1) is 17.9 Å². The van der Waals surface area contributed by atoms with Crippen molar-refractivity contribution >= 4 is 28.7 Å². The summed E-state index contributed by atoms with van der Waals surface area (Å²) in [5.74, 6) is 6.74. The highest BCUT2D eigenvalue weighted by Gasteiger charge is 2.58. The average Bonchev–Trinajstić information content (AvgIpc) is 3.66. The van der Waals surface area contributed by atoms with Crippen LogP contribution >= 0.6 is 11.8 Å². The van der Waals surface area contributed by atoms with Crippen molar-refractivity contribution in [1.82, 2.24) is 5.32 Å². The molecule has 12 unspecified atom stereocenters. The Morgan fingerprint density at radius 2 is 1.67 bits per heavy atom. The summed E-state index contributed by atoms with van der Waals surface area (Å²) in [7, 11) is 0. The zero-order chi connectivity index (χ0) is 41.9. The lowest BCUT2D eigenvalue weighted by Gasteiger charge is -2.38. The van der Waals surface area contributed by atoms with Crippen LogP contribution in [0.1, 0.15) is 116 Å². The fourth-order valence-corrected chi connectivity index (χ4v) is 15.9. The van der Waals surface area contributed by atoms with Crippen molar-refractivity contribution in [2.75, 3.05) is 0 Å². The van der Waals surface area contributed by atoms with Crippen molar-refractivity contribution in [2.24, 2.45) is 46.4 Å². The third-order valence-corrected chi connectivity index (χ3v) is 19.0. The molecule has 3 aliphatic heterocycles. The fraction of sp³-hybridized carbons (Fsp3) is 0.441. The topological polar surface area (TPSA) is 46.8 Å². The summed E-state index contributed by atoms with van der Waals surface area (Å²) in [6.07, 6.45) is 41.8. The molecule has 5 heteroatoms. The van der Waals surface area contributed by atoms with Crippen LogP contribution in [0.2, 0.25) is 0 Å². The Labute approximate surface area is 383 Å². The maximum absolute atomic E-state index is 7.20. The second kappa shape index (κ2) is 15.5. The molecule has 4 heterocycles. The molecule has 12 atom stereocenters. The minimum absolute atomic E-state index is 0.104. The number of ether oxygens (including phenoxy) is 1. The molecule has 4 nitrogen and oxygen atoms in total. The van der Waals surface area contributed by atoms with Crippen molar-refractivity contribution in [3.05, 3.63) is 176 Å². The molecule has 324 valence electrons. The van der Waals surface area contributed by atoms with Gasteiger partial charge in [-0.25, -0.2) is 0 Å². The molecule has 1 N–H and O–H groups in total. The van der Waals surface area contributed by atoms with Gasteiger partial charge < -0.3 is 14.5 Å². The Balaban J connectivity index is 0.825.